The summed E-state index contributed by atoms with van der Waals surface area (Å²) >= 11 is 0. The minimum absolute atomic E-state index is 0.640. The lowest BCUT2D eigenvalue weighted by molar-refractivity contribution is 0.111. The van der Waals surface area contributed by atoms with Gasteiger partial charge >= 0.3 is 0 Å². The second-order valence-corrected chi connectivity index (χ2v) is 5.29. The van der Waals surface area contributed by atoms with Crippen LogP contribution in [-0.2, 0) is 11.3 Å². The number of ether oxygens (including phenoxy) is 1. The fraction of sp³-hybridized carbons (Fsp3) is 0.600. The summed E-state index contributed by atoms with van der Waals surface area (Å²) in [6, 6.07) is 8.82. The molecule has 0 aliphatic heterocycles. The molecule has 18 heavy (non-hydrogen) atoms. The van der Waals surface area contributed by atoms with E-state index >= 15 is 0 Å². The quantitative estimate of drug-likeness (QED) is 0.754. The van der Waals surface area contributed by atoms with Gasteiger partial charge in [-0.25, -0.2) is 0 Å². The third-order valence-electron chi connectivity index (χ3n) is 3.80. The Labute approximate surface area is 110 Å². The SMILES string of the molecule is COCCN(Cc1cccc(N)c1)C(C)C1CC1. The maximum Gasteiger partial charge on any atom is 0.0589 e. The van der Waals surface area contributed by atoms with E-state index in [-0.39, 0.29) is 0 Å². The molecule has 1 aromatic rings. The van der Waals surface area contributed by atoms with Gasteiger partial charge in [0.25, 0.3) is 0 Å². The third kappa shape index (κ3) is 3.72. The van der Waals surface area contributed by atoms with Crippen molar-refractivity contribution >= 4 is 5.69 Å². The summed E-state index contributed by atoms with van der Waals surface area (Å²) in [6.07, 6.45) is 2.75. The second-order valence-electron chi connectivity index (χ2n) is 5.29. The Morgan fingerprint density at radius 3 is 2.83 bits per heavy atom. The van der Waals surface area contributed by atoms with Crippen molar-refractivity contribution < 1.29 is 4.74 Å². The summed E-state index contributed by atoms with van der Waals surface area (Å²) in [5.74, 6) is 0.878. The van der Waals surface area contributed by atoms with Crippen LogP contribution in [0, 0.1) is 5.92 Å². The Bertz CT molecular complexity index is 377. The van der Waals surface area contributed by atoms with Crippen LogP contribution in [0.25, 0.3) is 0 Å². The van der Waals surface area contributed by atoms with E-state index in [1.165, 1.54) is 18.4 Å². The molecule has 0 heterocycles. The van der Waals surface area contributed by atoms with Gasteiger partial charge in [-0.05, 0) is 43.4 Å². The Hall–Kier alpha value is -1.06. The fourth-order valence-electron chi connectivity index (χ4n) is 2.44. The number of nitrogens with zero attached hydrogens (tertiary/aromatic N) is 1. The van der Waals surface area contributed by atoms with E-state index in [0.717, 1.165) is 31.3 Å². The highest BCUT2D eigenvalue weighted by atomic mass is 16.5. The van der Waals surface area contributed by atoms with Gasteiger partial charge in [-0.15, -0.1) is 0 Å². The van der Waals surface area contributed by atoms with Crippen LogP contribution in [-0.4, -0.2) is 31.2 Å². The summed E-state index contributed by atoms with van der Waals surface area (Å²) in [4.78, 5) is 2.51. The molecule has 1 unspecified atom stereocenters. The van der Waals surface area contributed by atoms with E-state index in [1.807, 2.05) is 12.1 Å². The molecule has 2 N–H and O–H groups in total. The number of rotatable bonds is 7. The monoisotopic (exact) mass is 248 g/mol. The highest BCUT2D eigenvalue weighted by Gasteiger charge is 2.31. The van der Waals surface area contributed by atoms with Gasteiger partial charge in [-0.3, -0.25) is 4.90 Å². The molecule has 1 aliphatic carbocycles. The molecule has 3 heteroatoms. The molecular formula is C15H24N2O. The Morgan fingerprint density at radius 1 is 1.44 bits per heavy atom. The van der Waals surface area contributed by atoms with Crippen molar-refractivity contribution in [3.63, 3.8) is 0 Å². The average molecular weight is 248 g/mol. The molecule has 0 radical (unpaired) electrons. The number of methoxy groups -OCH3 is 1. The molecule has 1 aromatic carbocycles. The summed E-state index contributed by atoms with van der Waals surface area (Å²) in [7, 11) is 1.76. The minimum atomic E-state index is 0.640. The van der Waals surface area contributed by atoms with Crippen LogP contribution in [0.5, 0.6) is 0 Å². The number of benzene rings is 1. The first kappa shape index (κ1) is 13.4. The molecular weight excluding hydrogens is 224 g/mol. The summed E-state index contributed by atoms with van der Waals surface area (Å²) in [5, 5.41) is 0. The molecule has 3 nitrogen and oxygen atoms in total. The van der Waals surface area contributed by atoms with Crippen molar-refractivity contribution in [1.82, 2.24) is 4.90 Å². The van der Waals surface area contributed by atoms with Crippen LogP contribution in [0.3, 0.4) is 0 Å². The van der Waals surface area contributed by atoms with Crippen LogP contribution in [0.2, 0.25) is 0 Å². The standard InChI is InChI=1S/C15H24N2O/c1-12(14-6-7-14)17(8-9-18-2)11-13-4-3-5-15(16)10-13/h3-5,10,12,14H,6-9,11,16H2,1-2H3. The number of hydrogen-bond acceptors (Lipinski definition) is 3. The lowest BCUT2D eigenvalue weighted by Gasteiger charge is -2.29. The van der Waals surface area contributed by atoms with Crippen molar-refractivity contribution in [3.8, 4) is 0 Å². The number of anilines is 1. The largest absolute Gasteiger partial charge is 0.399 e. The maximum atomic E-state index is 5.84. The van der Waals surface area contributed by atoms with Crippen molar-refractivity contribution in [2.75, 3.05) is 26.0 Å². The lowest BCUT2D eigenvalue weighted by Crippen LogP contribution is -2.36. The van der Waals surface area contributed by atoms with Crippen LogP contribution in [0.15, 0.2) is 24.3 Å². The van der Waals surface area contributed by atoms with Gasteiger partial charge in [0.05, 0.1) is 6.61 Å². The molecule has 1 saturated carbocycles. The van der Waals surface area contributed by atoms with Gasteiger partial charge in [0.15, 0.2) is 0 Å². The highest BCUT2D eigenvalue weighted by molar-refractivity contribution is 5.40. The van der Waals surface area contributed by atoms with Crippen LogP contribution in [0.1, 0.15) is 25.3 Å². The van der Waals surface area contributed by atoms with E-state index in [4.69, 9.17) is 10.5 Å². The van der Waals surface area contributed by atoms with E-state index in [0.29, 0.717) is 6.04 Å². The van der Waals surface area contributed by atoms with Gasteiger partial charge in [-0.2, -0.15) is 0 Å². The molecule has 1 aliphatic rings. The van der Waals surface area contributed by atoms with Crippen LogP contribution >= 0.6 is 0 Å². The molecule has 2 rings (SSSR count). The average Bonchev–Trinajstić information content (AvgIpc) is 3.18. The smallest absolute Gasteiger partial charge is 0.0589 e. The van der Waals surface area contributed by atoms with Gasteiger partial charge in [0.1, 0.15) is 0 Å². The van der Waals surface area contributed by atoms with Crippen molar-refractivity contribution in [2.24, 2.45) is 5.92 Å². The summed E-state index contributed by atoms with van der Waals surface area (Å²) < 4.78 is 5.22. The molecule has 0 saturated heterocycles. The zero-order valence-corrected chi connectivity index (χ0v) is 11.4. The predicted octanol–water partition coefficient (Wildman–Crippen LogP) is 2.52. The van der Waals surface area contributed by atoms with Crippen molar-refractivity contribution in [3.05, 3.63) is 29.8 Å². The molecule has 100 valence electrons. The first-order valence-electron chi connectivity index (χ1n) is 6.78. The topological polar surface area (TPSA) is 38.5 Å². The molecule has 0 amide bonds. The Kier molecular flexibility index (Phi) is 4.61. The Balaban J connectivity index is 1.99. The van der Waals surface area contributed by atoms with Crippen LogP contribution < -0.4 is 5.73 Å². The van der Waals surface area contributed by atoms with Gasteiger partial charge in [0.2, 0.25) is 0 Å². The Morgan fingerprint density at radius 2 is 2.22 bits per heavy atom. The van der Waals surface area contributed by atoms with Gasteiger partial charge < -0.3 is 10.5 Å². The maximum absolute atomic E-state index is 5.84. The van der Waals surface area contributed by atoms with Crippen molar-refractivity contribution in [2.45, 2.75) is 32.4 Å². The van der Waals surface area contributed by atoms with Crippen LogP contribution in [0.4, 0.5) is 5.69 Å². The molecule has 0 aromatic heterocycles. The van der Waals surface area contributed by atoms with Gasteiger partial charge in [-0.1, -0.05) is 12.1 Å². The second kappa shape index (κ2) is 6.21. The minimum Gasteiger partial charge on any atom is -0.399 e. The van der Waals surface area contributed by atoms with Gasteiger partial charge in [0, 0.05) is 31.9 Å². The predicted molar refractivity (Wildman–Crippen MR) is 75.3 cm³/mol. The highest BCUT2D eigenvalue weighted by Crippen LogP contribution is 2.35. The number of nitrogen functional groups attached to an aromatic ring is 1. The summed E-state index contributed by atoms with van der Waals surface area (Å²) in [5.41, 5.74) is 7.98. The zero-order valence-electron chi connectivity index (χ0n) is 11.4. The molecule has 0 bridgehead atoms. The van der Waals surface area contributed by atoms with E-state index in [2.05, 4.69) is 24.0 Å². The molecule has 0 spiro atoms. The molecule has 1 atom stereocenters. The number of hydrogen-bond donors (Lipinski definition) is 1. The van der Waals surface area contributed by atoms with E-state index < -0.39 is 0 Å². The summed E-state index contributed by atoms with van der Waals surface area (Å²) in [6.45, 7) is 5.08. The van der Waals surface area contributed by atoms with E-state index in [9.17, 15) is 0 Å². The fourth-order valence-corrected chi connectivity index (χ4v) is 2.44. The third-order valence-corrected chi connectivity index (χ3v) is 3.80. The normalized spacial score (nSPS) is 17.1. The van der Waals surface area contributed by atoms with E-state index in [1.54, 1.807) is 7.11 Å². The molecule has 1 fully saturated rings. The first-order valence-corrected chi connectivity index (χ1v) is 6.78. The first-order chi connectivity index (χ1) is 8.70. The lowest BCUT2D eigenvalue weighted by atomic mass is 10.1. The van der Waals surface area contributed by atoms with Crippen molar-refractivity contribution in [1.29, 1.82) is 0 Å². The number of nitrogens with two attached hydrogens (primary N) is 1. The zero-order chi connectivity index (χ0) is 13.0.